The maximum absolute atomic E-state index is 12.3. The second-order valence-electron chi connectivity index (χ2n) is 6.58. The molecule has 1 aromatic heterocycles. The van der Waals surface area contributed by atoms with E-state index in [1.807, 2.05) is 45.0 Å². The molecule has 156 valence electrons. The van der Waals surface area contributed by atoms with Gasteiger partial charge in [0.25, 0.3) is 11.1 Å². The third kappa shape index (κ3) is 5.27. The zero-order valence-electron chi connectivity index (χ0n) is 17.2. The summed E-state index contributed by atoms with van der Waals surface area (Å²) in [6.07, 6.45) is 0. The summed E-state index contributed by atoms with van der Waals surface area (Å²) in [4.78, 5) is 26.3. The molecule has 0 aliphatic heterocycles. The number of thioether (sulfide) groups is 1. The minimum atomic E-state index is -0.196. The molecule has 3 aromatic rings. The number of hydrogen-bond donors (Lipinski definition) is 1. The van der Waals surface area contributed by atoms with Crippen molar-refractivity contribution in [3.8, 4) is 11.5 Å². The Bertz CT molecular complexity index is 1010. The standard InChI is InChI=1S/C22H24N4O3S/c1-4-26(5-2)21(28)16-10-12-17(13-11-16)23-19(27)14-30-22-25-24-20(29-22)18-9-7-6-8-15(18)3/h6-13H,4-5,14H2,1-3H3,(H,23,27). The zero-order chi connectivity index (χ0) is 21.5. The summed E-state index contributed by atoms with van der Waals surface area (Å²) >= 11 is 1.17. The SMILES string of the molecule is CCN(CC)C(=O)c1ccc(NC(=O)CSc2nnc(-c3ccccc3C)o2)cc1. The number of aryl methyl sites for hydroxylation is 1. The molecule has 0 saturated carbocycles. The van der Waals surface area contributed by atoms with Crippen molar-refractivity contribution < 1.29 is 14.0 Å². The molecule has 2 aromatic carbocycles. The van der Waals surface area contributed by atoms with Crippen LogP contribution in [0.15, 0.2) is 58.2 Å². The molecule has 0 fully saturated rings. The van der Waals surface area contributed by atoms with Crippen molar-refractivity contribution in [3.05, 3.63) is 59.7 Å². The van der Waals surface area contributed by atoms with Crippen LogP contribution in [0.25, 0.3) is 11.5 Å². The highest BCUT2D eigenvalue weighted by Gasteiger charge is 2.14. The molecular formula is C22H24N4O3S. The van der Waals surface area contributed by atoms with Crippen LogP contribution in [-0.4, -0.2) is 45.8 Å². The van der Waals surface area contributed by atoms with Crippen LogP contribution in [0.1, 0.15) is 29.8 Å². The number of amides is 2. The first-order valence-electron chi connectivity index (χ1n) is 9.73. The van der Waals surface area contributed by atoms with E-state index >= 15 is 0 Å². The number of carbonyl (C=O) groups is 2. The van der Waals surface area contributed by atoms with Gasteiger partial charge in [-0.15, -0.1) is 10.2 Å². The van der Waals surface area contributed by atoms with Gasteiger partial charge in [0.1, 0.15) is 0 Å². The molecule has 3 rings (SSSR count). The van der Waals surface area contributed by atoms with E-state index in [-0.39, 0.29) is 17.6 Å². The minimum Gasteiger partial charge on any atom is -0.411 e. The Morgan fingerprint density at radius 2 is 1.73 bits per heavy atom. The third-order valence-electron chi connectivity index (χ3n) is 4.57. The van der Waals surface area contributed by atoms with Gasteiger partial charge in [-0.25, -0.2) is 0 Å². The largest absolute Gasteiger partial charge is 0.411 e. The molecule has 0 atom stereocenters. The van der Waals surface area contributed by atoms with Crippen molar-refractivity contribution in [3.63, 3.8) is 0 Å². The van der Waals surface area contributed by atoms with Gasteiger partial charge in [-0.3, -0.25) is 9.59 Å². The molecule has 0 spiro atoms. The van der Waals surface area contributed by atoms with Crippen LogP contribution in [0.5, 0.6) is 0 Å². The topological polar surface area (TPSA) is 88.3 Å². The number of carbonyl (C=O) groups excluding carboxylic acids is 2. The van der Waals surface area contributed by atoms with Crippen molar-refractivity contribution >= 4 is 29.3 Å². The van der Waals surface area contributed by atoms with Gasteiger partial charge in [0, 0.05) is 29.9 Å². The first-order chi connectivity index (χ1) is 14.5. The molecule has 0 radical (unpaired) electrons. The first kappa shape index (κ1) is 21.6. The van der Waals surface area contributed by atoms with Crippen molar-refractivity contribution in [1.82, 2.24) is 15.1 Å². The molecule has 0 unspecified atom stereocenters. The van der Waals surface area contributed by atoms with Gasteiger partial charge in [-0.2, -0.15) is 0 Å². The van der Waals surface area contributed by atoms with Gasteiger partial charge >= 0.3 is 0 Å². The van der Waals surface area contributed by atoms with E-state index in [4.69, 9.17) is 4.42 Å². The molecule has 0 bridgehead atoms. The van der Waals surface area contributed by atoms with Crippen molar-refractivity contribution in [2.24, 2.45) is 0 Å². The van der Waals surface area contributed by atoms with E-state index < -0.39 is 0 Å². The number of rotatable bonds is 8. The highest BCUT2D eigenvalue weighted by molar-refractivity contribution is 7.99. The van der Waals surface area contributed by atoms with E-state index in [0.717, 1.165) is 11.1 Å². The lowest BCUT2D eigenvalue weighted by Gasteiger charge is -2.18. The van der Waals surface area contributed by atoms with E-state index in [0.29, 0.717) is 35.5 Å². The Morgan fingerprint density at radius 3 is 2.40 bits per heavy atom. The number of anilines is 1. The highest BCUT2D eigenvalue weighted by atomic mass is 32.2. The molecule has 0 aliphatic carbocycles. The normalized spacial score (nSPS) is 10.6. The van der Waals surface area contributed by atoms with Gasteiger partial charge in [0.2, 0.25) is 11.8 Å². The van der Waals surface area contributed by atoms with Crippen LogP contribution < -0.4 is 5.32 Å². The predicted octanol–water partition coefficient (Wildman–Crippen LogP) is 4.26. The van der Waals surface area contributed by atoms with Gasteiger partial charge in [0.15, 0.2) is 0 Å². The molecule has 2 amide bonds. The summed E-state index contributed by atoms with van der Waals surface area (Å²) < 4.78 is 5.66. The van der Waals surface area contributed by atoms with E-state index in [1.165, 1.54) is 11.8 Å². The van der Waals surface area contributed by atoms with Gasteiger partial charge < -0.3 is 14.6 Å². The summed E-state index contributed by atoms with van der Waals surface area (Å²) in [7, 11) is 0. The fourth-order valence-electron chi connectivity index (χ4n) is 2.90. The number of nitrogens with zero attached hydrogens (tertiary/aromatic N) is 3. The molecule has 0 aliphatic rings. The Labute approximate surface area is 179 Å². The van der Waals surface area contributed by atoms with Crippen molar-refractivity contribution in [1.29, 1.82) is 0 Å². The molecule has 1 heterocycles. The first-order valence-corrected chi connectivity index (χ1v) is 10.7. The van der Waals surface area contributed by atoms with Crippen LogP contribution in [0.4, 0.5) is 5.69 Å². The van der Waals surface area contributed by atoms with Gasteiger partial charge in [-0.1, -0.05) is 30.0 Å². The monoisotopic (exact) mass is 424 g/mol. The van der Waals surface area contributed by atoms with Crippen LogP contribution in [0, 0.1) is 6.92 Å². The van der Waals surface area contributed by atoms with E-state index in [1.54, 1.807) is 29.2 Å². The van der Waals surface area contributed by atoms with Crippen molar-refractivity contribution in [2.45, 2.75) is 26.0 Å². The second kappa shape index (κ2) is 10.1. The Kier molecular flexibility index (Phi) is 7.24. The predicted molar refractivity (Wildman–Crippen MR) is 118 cm³/mol. The number of nitrogens with one attached hydrogen (secondary N) is 1. The third-order valence-corrected chi connectivity index (χ3v) is 5.39. The van der Waals surface area contributed by atoms with Crippen molar-refractivity contribution in [2.75, 3.05) is 24.2 Å². The maximum Gasteiger partial charge on any atom is 0.277 e. The number of aromatic nitrogens is 2. The molecule has 8 heteroatoms. The van der Waals surface area contributed by atoms with E-state index in [9.17, 15) is 9.59 Å². The molecule has 1 N–H and O–H groups in total. The summed E-state index contributed by atoms with van der Waals surface area (Å²) in [6.45, 7) is 7.18. The molecule has 30 heavy (non-hydrogen) atoms. The average Bonchev–Trinajstić information content (AvgIpc) is 3.23. The second-order valence-corrected chi connectivity index (χ2v) is 7.51. The average molecular weight is 425 g/mol. The molecule has 7 nitrogen and oxygen atoms in total. The Balaban J connectivity index is 1.54. The minimum absolute atomic E-state index is 0.0192. The fraction of sp³-hybridized carbons (Fsp3) is 0.273. The Morgan fingerprint density at radius 1 is 1.03 bits per heavy atom. The lowest BCUT2D eigenvalue weighted by Crippen LogP contribution is -2.30. The summed E-state index contributed by atoms with van der Waals surface area (Å²) in [6, 6.07) is 14.6. The zero-order valence-corrected chi connectivity index (χ0v) is 18.0. The van der Waals surface area contributed by atoms with Crippen LogP contribution in [0.2, 0.25) is 0 Å². The fourth-order valence-corrected chi connectivity index (χ4v) is 3.47. The summed E-state index contributed by atoms with van der Waals surface area (Å²) in [5, 5.41) is 11.2. The van der Waals surface area contributed by atoms with E-state index in [2.05, 4.69) is 15.5 Å². The summed E-state index contributed by atoms with van der Waals surface area (Å²) in [5.41, 5.74) is 3.14. The Hall–Kier alpha value is -3.13. The van der Waals surface area contributed by atoms with Crippen LogP contribution >= 0.6 is 11.8 Å². The lowest BCUT2D eigenvalue weighted by atomic mass is 10.1. The smallest absolute Gasteiger partial charge is 0.277 e. The summed E-state index contributed by atoms with van der Waals surface area (Å²) in [5.74, 6) is 0.354. The maximum atomic E-state index is 12.3. The number of benzene rings is 2. The number of hydrogen-bond acceptors (Lipinski definition) is 6. The molecule has 0 saturated heterocycles. The van der Waals surface area contributed by atoms with Crippen LogP contribution in [-0.2, 0) is 4.79 Å². The van der Waals surface area contributed by atoms with Gasteiger partial charge in [-0.05, 0) is 56.7 Å². The highest BCUT2D eigenvalue weighted by Crippen LogP contribution is 2.25. The molecular weight excluding hydrogens is 400 g/mol. The quantitative estimate of drug-likeness (QED) is 0.544. The lowest BCUT2D eigenvalue weighted by molar-refractivity contribution is -0.113. The van der Waals surface area contributed by atoms with Crippen LogP contribution in [0.3, 0.4) is 0 Å². The van der Waals surface area contributed by atoms with Gasteiger partial charge in [0.05, 0.1) is 5.75 Å².